The molecular formula is C26H36F6N2O6. The van der Waals surface area contributed by atoms with Crippen LogP contribution < -0.4 is 10.6 Å². The van der Waals surface area contributed by atoms with E-state index in [1.54, 1.807) is 0 Å². The number of piperidine rings is 1. The maximum Gasteiger partial charge on any atom is 0.490 e. The maximum absolute atomic E-state index is 11.3. The molecule has 0 radical (unpaired) electrons. The van der Waals surface area contributed by atoms with Crippen molar-refractivity contribution in [2.75, 3.05) is 20.2 Å². The minimum Gasteiger partial charge on any atom is -0.475 e. The second-order valence-corrected chi connectivity index (χ2v) is 9.59. The van der Waals surface area contributed by atoms with Gasteiger partial charge in [0.1, 0.15) is 0 Å². The van der Waals surface area contributed by atoms with Crippen molar-refractivity contribution in [3.63, 3.8) is 0 Å². The van der Waals surface area contributed by atoms with E-state index in [9.17, 15) is 31.1 Å². The highest BCUT2D eigenvalue weighted by Gasteiger charge is 2.38. The molecule has 1 saturated carbocycles. The summed E-state index contributed by atoms with van der Waals surface area (Å²) < 4.78 is 68.2. The molecule has 228 valence electrons. The van der Waals surface area contributed by atoms with Gasteiger partial charge in [0.2, 0.25) is 0 Å². The number of aliphatic carboxylic acids is 2. The summed E-state index contributed by atoms with van der Waals surface area (Å²) in [5.74, 6) is -4.16. The topological polar surface area (TPSA) is 125 Å². The molecule has 0 unspecified atom stereocenters. The van der Waals surface area contributed by atoms with Gasteiger partial charge in [0.15, 0.2) is 0 Å². The van der Waals surface area contributed by atoms with Gasteiger partial charge in [-0.1, -0.05) is 24.3 Å². The van der Waals surface area contributed by atoms with Gasteiger partial charge in [0.25, 0.3) is 0 Å². The van der Waals surface area contributed by atoms with Crippen molar-refractivity contribution in [1.29, 1.82) is 0 Å². The van der Waals surface area contributed by atoms with Crippen molar-refractivity contribution in [2.45, 2.75) is 82.2 Å². The van der Waals surface area contributed by atoms with Crippen LogP contribution in [0.1, 0.15) is 68.4 Å². The summed E-state index contributed by atoms with van der Waals surface area (Å²) in [6.45, 7) is 3.26. The summed E-state index contributed by atoms with van der Waals surface area (Å²) in [4.78, 5) is 29.1. The second-order valence-electron chi connectivity index (χ2n) is 9.59. The van der Waals surface area contributed by atoms with E-state index in [1.807, 2.05) is 0 Å². The Morgan fingerprint density at radius 1 is 0.875 bits per heavy atom. The fraction of sp³-hybridized carbons (Fsp3) is 0.654. The molecule has 2 fully saturated rings. The van der Waals surface area contributed by atoms with Crippen molar-refractivity contribution in [2.24, 2.45) is 5.92 Å². The maximum atomic E-state index is 11.3. The molecule has 0 bridgehead atoms. The van der Waals surface area contributed by atoms with E-state index in [1.165, 1.54) is 56.8 Å². The first kappa shape index (κ1) is 35.2. The molecule has 0 spiro atoms. The van der Waals surface area contributed by atoms with E-state index < -0.39 is 24.3 Å². The van der Waals surface area contributed by atoms with Gasteiger partial charge in [-0.3, -0.25) is 4.79 Å². The number of methoxy groups -OCH3 is 1. The van der Waals surface area contributed by atoms with Gasteiger partial charge in [-0.25, -0.2) is 9.59 Å². The van der Waals surface area contributed by atoms with Crippen LogP contribution in [0.15, 0.2) is 24.3 Å². The molecule has 1 saturated heterocycles. The van der Waals surface area contributed by atoms with Crippen LogP contribution in [0.2, 0.25) is 0 Å². The third-order valence-electron chi connectivity index (χ3n) is 6.70. The van der Waals surface area contributed by atoms with E-state index in [0.717, 1.165) is 32.0 Å². The molecule has 1 heterocycles. The van der Waals surface area contributed by atoms with Crippen LogP contribution in [-0.2, 0) is 25.7 Å². The Morgan fingerprint density at radius 3 is 1.77 bits per heavy atom. The van der Waals surface area contributed by atoms with Gasteiger partial charge in [0, 0.05) is 19.0 Å². The van der Waals surface area contributed by atoms with Crippen LogP contribution in [0.25, 0.3) is 0 Å². The molecule has 1 aromatic carbocycles. The Balaban J connectivity index is 0.000000473. The highest BCUT2D eigenvalue weighted by atomic mass is 19.4. The van der Waals surface area contributed by atoms with Crippen molar-refractivity contribution < 1.29 is 55.7 Å². The zero-order valence-corrected chi connectivity index (χ0v) is 22.1. The summed E-state index contributed by atoms with van der Waals surface area (Å²) in [6, 6.07) is 9.88. The number of benzene rings is 1. The van der Waals surface area contributed by atoms with Crippen LogP contribution in [0.3, 0.4) is 0 Å². The van der Waals surface area contributed by atoms with E-state index in [4.69, 9.17) is 24.5 Å². The average molecular weight is 587 g/mol. The minimum absolute atomic E-state index is 0.0711. The molecule has 1 aromatic rings. The molecule has 0 amide bonds. The van der Waals surface area contributed by atoms with Crippen LogP contribution in [-0.4, -0.2) is 66.7 Å². The number of esters is 1. The van der Waals surface area contributed by atoms with Crippen molar-refractivity contribution in [3.8, 4) is 0 Å². The number of hydrogen-bond donors (Lipinski definition) is 4. The summed E-state index contributed by atoms with van der Waals surface area (Å²) in [6.07, 6.45) is -1.20. The zero-order chi connectivity index (χ0) is 30.3. The first-order chi connectivity index (χ1) is 18.6. The lowest BCUT2D eigenvalue weighted by Crippen LogP contribution is -2.32. The van der Waals surface area contributed by atoms with E-state index in [-0.39, 0.29) is 5.97 Å². The van der Waals surface area contributed by atoms with E-state index in [0.29, 0.717) is 18.4 Å². The first-order valence-corrected chi connectivity index (χ1v) is 12.8. The second kappa shape index (κ2) is 17.1. The first-order valence-electron chi connectivity index (χ1n) is 12.8. The number of carbonyl (C=O) groups is 3. The van der Waals surface area contributed by atoms with Gasteiger partial charge in [-0.05, 0) is 81.0 Å². The van der Waals surface area contributed by atoms with Crippen LogP contribution in [0.4, 0.5) is 26.3 Å². The average Bonchev–Trinajstić information content (AvgIpc) is 2.91. The molecule has 2 aliphatic rings. The molecule has 40 heavy (non-hydrogen) atoms. The Bertz CT molecular complexity index is 886. The van der Waals surface area contributed by atoms with Gasteiger partial charge in [-0.2, -0.15) is 26.3 Å². The molecule has 14 heteroatoms. The predicted octanol–water partition coefficient (Wildman–Crippen LogP) is 5.02. The van der Waals surface area contributed by atoms with Crippen molar-refractivity contribution in [1.82, 2.24) is 10.6 Å². The lowest BCUT2D eigenvalue weighted by molar-refractivity contribution is -0.193. The number of carboxylic acid groups (broad SMARTS) is 2. The highest BCUT2D eigenvalue weighted by molar-refractivity contribution is 5.73. The number of carboxylic acids is 2. The number of carbonyl (C=O) groups excluding carboxylic acids is 1. The minimum atomic E-state index is -5.08. The summed E-state index contributed by atoms with van der Waals surface area (Å²) in [5.41, 5.74) is 2.89. The molecule has 1 aliphatic carbocycles. The third-order valence-corrected chi connectivity index (χ3v) is 6.70. The van der Waals surface area contributed by atoms with Gasteiger partial charge < -0.3 is 25.6 Å². The predicted molar refractivity (Wildman–Crippen MR) is 133 cm³/mol. The number of nitrogens with one attached hydrogen (secondary N) is 2. The largest absolute Gasteiger partial charge is 0.490 e. The van der Waals surface area contributed by atoms with Crippen LogP contribution in [0.5, 0.6) is 0 Å². The normalized spacial score (nSPS) is 19.8. The summed E-state index contributed by atoms with van der Waals surface area (Å²) in [5, 5.41) is 21.4. The number of alkyl halides is 6. The standard InChI is InChI=1S/C22H34N2O2.2C2HF3O2/c1-26-22(25)11-6-17-4-9-21(10-5-17)24-16-18-2-7-19(8-3-18)20-12-14-23-15-13-20;2*3-2(4,5)1(6)7/h2-3,7-8,17,20-21,23-24H,4-6,9-16H2,1H3;2*(H,6,7). The number of hydrogen-bond acceptors (Lipinski definition) is 6. The molecule has 1 aliphatic heterocycles. The van der Waals surface area contributed by atoms with E-state index >= 15 is 0 Å². The van der Waals surface area contributed by atoms with Crippen molar-refractivity contribution >= 4 is 17.9 Å². The smallest absolute Gasteiger partial charge is 0.475 e. The third kappa shape index (κ3) is 14.5. The Hall–Kier alpha value is -2.87. The van der Waals surface area contributed by atoms with Gasteiger partial charge in [0.05, 0.1) is 7.11 Å². The molecule has 0 atom stereocenters. The Morgan fingerprint density at radius 2 is 1.35 bits per heavy atom. The van der Waals surface area contributed by atoms with Crippen molar-refractivity contribution in [3.05, 3.63) is 35.4 Å². The number of ether oxygens (including phenoxy) is 1. The van der Waals surface area contributed by atoms with Gasteiger partial charge >= 0.3 is 30.3 Å². The van der Waals surface area contributed by atoms with Gasteiger partial charge in [-0.15, -0.1) is 0 Å². The highest BCUT2D eigenvalue weighted by Crippen LogP contribution is 2.29. The number of halogens is 6. The quantitative estimate of drug-likeness (QED) is 0.259. The molecular weight excluding hydrogens is 550 g/mol. The summed E-state index contributed by atoms with van der Waals surface area (Å²) in [7, 11) is 1.47. The van der Waals surface area contributed by atoms with E-state index in [2.05, 4.69) is 34.9 Å². The fourth-order valence-corrected chi connectivity index (χ4v) is 4.40. The fourth-order valence-electron chi connectivity index (χ4n) is 4.40. The van der Waals surface area contributed by atoms with Crippen LogP contribution in [0, 0.1) is 5.92 Å². The molecule has 4 N–H and O–H groups in total. The molecule has 8 nitrogen and oxygen atoms in total. The lowest BCUT2D eigenvalue weighted by Gasteiger charge is -2.29. The SMILES string of the molecule is COC(=O)CCC1CCC(NCc2ccc(C3CCNCC3)cc2)CC1.O=C(O)C(F)(F)F.O=C(O)C(F)(F)F. The molecule has 3 rings (SSSR count). The number of rotatable bonds is 7. The lowest BCUT2D eigenvalue weighted by atomic mass is 9.83. The Kier molecular flexibility index (Phi) is 15.0. The Labute approximate surface area is 228 Å². The zero-order valence-electron chi connectivity index (χ0n) is 22.1. The monoisotopic (exact) mass is 586 g/mol. The van der Waals surface area contributed by atoms with Crippen LogP contribution >= 0.6 is 0 Å². The summed E-state index contributed by atoms with van der Waals surface area (Å²) >= 11 is 0. The molecule has 0 aromatic heterocycles.